The largest absolute Gasteiger partial charge is 2.00 e. The van der Waals surface area contributed by atoms with Crippen molar-refractivity contribution in [3.05, 3.63) is 95.6 Å². The maximum atomic E-state index is 14.3. The van der Waals surface area contributed by atoms with Crippen LogP contribution < -0.4 is 9.97 Å². The Balaban J connectivity index is 0.00000902. The Kier molecular flexibility index (Phi) is 18.3. The summed E-state index contributed by atoms with van der Waals surface area (Å²) in [6, 6.07) is 19.0. The van der Waals surface area contributed by atoms with Crippen LogP contribution in [0.2, 0.25) is 0 Å². The SMILES string of the molecule is CCCS(=O)(=O)c1cc2c(cc1S(=O)(=O)CCC)-c1nc-2nc2[n-]c(nc3nc(nc4[n-]c(n1)c1cc(S(=O)(=O)CCC)c(S(=O)(=O)CCC)cc41)-c1cc(S(=O)(=O)CCC)c(S(=O)(=O)CCC)cc1-3)c1cc(/C=C/c3ccc(C=O)cc3)ccc21.[Pd+2]. The molecule has 2 aliphatic heterocycles. The number of carbonyl (C=O) groups is 1. The third-order valence-electron chi connectivity index (χ3n) is 14.3. The molecule has 0 radical (unpaired) electrons. The molecule has 0 N–H and O–H groups in total. The van der Waals surface area contributed by atoms with Gasteiger partial charge in [-0.2, -0.15) is 0 Å². The molecule has 8 bridgehead atoms. The molecular formula is C59H58N8O13PdS6. The van der Waals surface area contributed by atoms with Gasteiger partial charge in [-0.05, 0) is 114 Å². The van der Waals surface area contributed by atoms with Gasteiger partial charge >= 0.3 is 20.4 Å². The summed E-state index contributed by atoms with van der Waals surface area (Å²) in [6.07, 6.45) is 5.05. The smallest absolute Gasteiger partial charge is 0.357 e. The van der Waals surface area contributed by atoms with Crippen molar-refractivity contribution < 1.29 is 75.7 Å². The van der Waals surface area contributed by atoms with Gasteiger partial charge in [-0.1, -0.05) is 90.1 Å². The number of aldehydes is 1. The quantitative estimate of drug-likeness (QED) is 0.0367. The van der Waals surface area contributed by atoms with Crippen LogP contribution in [0.5, 0.6) is 0 Å². The van der Waals surface area contributed by atoms with Crippen LogP contribution in [0.1, 0.15) is 102 Å². The zero-order valence-electron chi connectivity index (χ0n) is 47.9. The van der Waals surface area contributed by atoms with E-state index in [0.717, 1.165) is 36.1 Å². The molecule has 0 atom stereocenters. The Morgan fingerprint density at radius 1 is 0.322 bits per heavy atom. The second-order valence-corrected chi connectivity index (χ2v) is 33.3. The average Bonchev–Trinajstić information content (AvgIpc) is 1.70. The number of benzene rings is 5. The number of carbonyl (C=O) groups excluding carboxylic acids is 1. The van der Waals surface area contributed by atoms with Crippen LogP contribution in [0.25, 0.3) is 102 Å². The fraction of sp³-hybridized carbons (Fsp3) is 0.305. The van der Waals surface area contributed by atoms with Gasteiger partial charge in [0.05, 0.1) is 87.2 Å². The van der Waals surface area contributed by atoms with E-state index in [4.69, 9.17) is 39.9 Å². The molecule has 0 saturated heterocycles. The van der Waals surface area contributed by atoms with E-state index in [9.17, 15) is 55.3 Å². The van der Waals surface area contributed by atoms with E-state index in [1.54, 1.807) is 90.1 Å². The van der Waals surface area contributed by atoms with E-state index in [1.807, 2.05) is 6.08 Å². The summed E-state index contributed by atoms with van der Waals surface area (Å²) in [6.45, 7) is 9.74. The molecule has 2 aliphatic rings. The predicted octanol–water partition coefficient (Wildman–Crippen LogP) is 9.21. The number of hydrogen-bond acceptors (Lipinski definition) is 19. The van der Waals surface area contributed by atoms with Crippen molar-refractivity contribution in [1.29, 1.82) is 0 Å². The minimum absolute atomic E-state index is 0. The second kappa shape index (κ2) is 24.7. The Morgan fingerprint density at radius 3 is 0.874 bits per heavy atom. The Hall–Kier alpha value is -6.77. The first-order chi connectivity index (χ1) is 40.7. The van der Waals surface area contributed by atoms with Gasteiger partial charge < -0.3 is 29.9 Å². The van der Waals surface area contributed by atoms with Crippen LogP contribution in [0.4, 0.5) is 0 Å². The molecule has 28 heteroatoms. The Morgan fingerprint density at radius 2 is 0.575 bits per heavy atom. The number of sulfone groups is 6. The first kappa shape index (κ1) is 64.7. The Labute approximate surface area is 518 Å². The molecule has 0 amide bonds. The van der Waals surface area contributed by atoms with Crippen molar-refractivity contribution in [3.63, 3.8) is 0 Å². The van der Waals surface area contributed by atoms with E-state index < -0.39 is 123 Å². The van der Waals surface area contributed by atoms with Crippen molar-refractivity contribution in [2.45, 2.75) is 109 Å². The van der Waals surface area contributed by atoms with Gasteiger partial charge in [0.15, 0.2) is 59.0 Å². The summed E-state index contributed by atoms with van der Waals surface area (Å²) >= 11 is 0. The van der Waals surface area contributed by atoms with Crippen LogP contribution in [0, 0.1) is 0 Å². The number of rotatable bonds is 21. The van der Waals surface area contributed by atoms with Gasteiger partial charge in [-0.15, -0.1) is 0 Å². The zero-order valence-corrected chi connectivity index (χ0v) is 54.3. The van der Waals surface area contributed by atoms with E-state index in [2.05, 4.69) is 0 Å². The van der Waals surface area contributed by atoms with Gasteiger partial charge in [0, 0.05) is 50.4 Å². The minimum atomic E-state index is -4.38. The number of aromatic nitrogens is 8. The molecule has 5 aromatic carbocycles. The molecule has 0 spiro atoms. The summed E-state index contributed by atoms with van der Waals surface area (Å²) < 4.78 is 171. The number of hydrogen-bond donors (Lipinski definition) is 0. The second-order valence-electron chi connectivity index (χ2n) is 20.9. The summed E-state index contributed by atoms with van der Waals surface area (Å²) in [4.78, 5) is 47.3. The molecule has 21 nitrogen and oxygen atoms in total. The standard InChI is InChI=1S/C59H59N8O13S6.Pd/c1-7-21-81(69,70)46-28-40-41(29-47(46)82(71,72)22-8-2)56-63-54(40)61-52-38-20-19-36(16-13-35-14-17-37(34-68)18-15-35)27-39(38)53(60-52)62-55-42-30-48(83(73,74)23-9-3)49(84(75,76)24-10-4)31-43(42)57(64-55)66-59-45-33-51(86(79,80)26-12-6)50(85(77,78)25-11-5)32-44(45)58(65-56)67-59;/h13-20,27-34H,7-12,21-26H2,1-6H3,(H-,60,61,62,63,64,65,66,67,68);/q-1;+2/p-1. The third-order valence-corrected chi connectivity index (χ3v) is 26.4. The molecule has 0 unspecified atom stereocenters. The maximum absolute atomic E-state index is 14.3. The van der Waals surface area contributed by atoms with Crippen molar-refractivity contribution in [1.82, 2.24) is 39.9 Å². The molecule has 0 saturated carbocycles. The van der Waals surface area contributed by atoms with Gasteiger partial charge in [-0.25, -0.2) is 60.5 Å². The maximum Gasteiger partial charge on any atom is 2.00 e. The molecule has 0 fully saturated rings. The number of nitrogens with zero attached hydrogens (tertiary/aromatic N) is 8. The molecule has 87 heavy (non-hydrogen) atoms. The van der Waals surface area contributed by atoms with Crippen molar-refractivity contribution >= 4 is 122 Å². The molecular weight excluding hydrogens is 1330 g/mol. The van der Waals surface area contributed by atoms with E-state index in [1.165, 1.54) is 12.1 Å². The number of fused-ring (bicyclic) bond motifs is 20. The van der Waals surface area contributed by atoms with E-state index in [-0.39, 0.29) is 138 Å². The fourth-order valence-corrected chi connectivity index (χ4v) is 21.2. The van der Waals surface area contributed by atoms with Crippen LogP contribution in [-0.4, -0.2) is 121 Å². The van der Waals surface area contributed by atoms with Crippen LogP contribution in [0.15, 0.2) is 108 Å². The topological polar surface area (TPSA) is 327 Å². The summed E-state index contributed by atoms with van der Waals surface area (Å²) in [5.41, 5.74) is 1.10. The zero-order chi connectivity index (χ0) is 61.9. The van der Waals surface area contributed by atoms with Crippen molar-refractivity contribution in [2.24, 2.45) is 0 Å². The average molecular weight is 1390 g/mol. The molecule has 0 aliphatic carbocycles. The van der Waals surface area contributed by atoms with Crippen LogP contribution >= 0.6 is 0 Å². The van der Waals surface area contributed by atoms with E-state index >= 15 is 0 Å². The molecule has 10 rings (SSSR count). The van der Waals surface area contributed by atoms with Crippen LogP contribution in [-0.2, 0) is 79.4 Å². The molecule has 8 aromatic rings. The third kappa shape index (κ3) is 12.4. The monoisotopic (exact) mass is 1380 g/mol. The van der Waals surface area contributed by atoms with E-state index in [0.29, 0.717) is 21.9 Å². The normalized spacial score (nSPS) is 13.0. The van der Waals surface area contributed by atoms with Crippen LogP contribution in [0.3, 0.4) is 0 Å². The first-order valence-corrected chi connectivity index (χ1v) is 37.6. The molecule has 458 valence electrons. The first-order valence-electron chi connectivity index (χ1n) is 27.7. The van der Waals surface area contributed by atoms with Crippen molar-refractivity contribution in [2.75, 3.05) is 34.5 Å². The summed E-state index contributed by atoms with van der Waals surface area (Å²) in [7, 11) is -26.1. The summed E-state index contributed by atoms with van der Waals surface area (Å²) in [5, 5.41) is 0.551. The molecule has 3 aromatic heterocycles. The molecule has 5 heterocycles. The van der Waals surface area contributed by atoms with Gasteiger partial charge in [0.1, 0.15) is 6.29 Å². The van der Waals surface area contributed by atoms with Gasteiger partial charge in [0.25, 0.3) is 0 Å². The fourth-order valence-electron chi connectivity index (χ4n) is 10.4. The van der Waals surface area contributed by atoms with Gasteiger partial charge in [0.2, 0.25) is 0 Å². The van der Waals surface area contributed by atoms with Gasteiger partial charge in [-0.3, -0.25) is 4.79 Å². The predicted molar refractivity (Wildman–Crippen MR) is 329 cm³/mol. The summed E-state index contributed by atoms with van der Waals surface area (Å²) in [5.74, 6) is -3.59. The Bertz CT molecular complexity index is 5090. The minimum Gasteiger partial charge on any atom is -0.357 e. The van der Waals surface area contributed by atoms with Crippen molar-refractivity contribution in [3.8, 4) is 45.6 Å².